The van der Waals surface area contributed by atoms with Gasteiger partial charge in [0.05, 0.1) is 12.7 Å². The molecule has 0 aromatic carbocycles. The van der Waals surface area contributed by atoms with Gasteiger partial charge < -0.3 is 14.1 Å². The third-order valence-electron chi connectivity index (χ3n) is 4.88. The molecule has 2 rings (SSSR count). The van der Waals surface area contributed by atoms with Gasteiger partial charge in [-0.05, 0) is 24.6 Å². The Kier molecular flexibility index (Phi) is 5.20. The predicted octanol–water partition coefficient (Wildman–Crippen LogP) is 2.42. The summed E-state index contributed by atoms with van der Waals surface area (Å²) in [6, 6.07) is 1.81. The van der Waals surface area contributed by atoms with Gasteiger partial charge in [-0.25, -0.2) is 4.68 Å². The number of amides is 1. The summed E-state index contributed by atoms with van der Waals surface area (Å²) in [4.78, 5) is 14.4. The molecule has 0 radical (unpaired) electrons. The molecular weight excluding hydrogens is 310 g/mol. The molecule has 1 amide bonds. The lowest BCUT2D eigenvalue weighted by Gasteiger charge is -2.37. The van der Waals surface area contributed by atoms with E-state index in [9.17, 15) is 4.79 Å². The molecule has 0 bridgehead atoms. The summed E-state index contributed by atoms with van der Waals surface area (Å²) >= 11 is 0. The molecule has 6 nitrogen and oxygen atoms in total. The number of hydrogen-bond donors (Lipinski definition) is 0. The van der Waals surface area contributed by atoms with Gasteiger partial charge in [0.15, 0.2) is 8.32 Å². The van der Waals surface area contributed by atoms with Crippen LogP contribution in [-0.2, 0) is 16.3 Å². The lowest BCUT2D eigenvalue weighted by atomic mass is 10.2. The van der Waals surface area contributed by atoms with Crippen molar-refractivity contribution < 1.29 is 14.0 Å². The van der Waals surface area contributed by atoms with Gasteiger partial charge in [-0.2, -0.15) is 5.10 Å². The standard InChI is InChI=1S/C16H29N3O3Si/c1-16(2,3)23(5,6)22-13-8-10-19(15(13)20)11-12-21-14-7-9-17-18(14)4/h7,9,13H,8,10-12H2,1-6H3/t13-/m0/s1. The number of hydrogen-bond acceptors (Lipinski definition) is 4. The van der Waals surface area contributed by atoms with E-state index in [1.165, 1.54) is 0 Å². The number of aryl methyl sites for hydroxylation is 1. The molecule has 23 heavy (non-hydrogen) atoms. The van der Waals surface area contributed by atoms with Crippen LogP contribution in [0.3, 0.4) is 0 Å². The van der Waals surface area contributed by atoms with Crippen molar-refractivity contribution in [2.45, 2.75) is 51.4 Å². The van der Waals surface area contributed by atoms with E-state index in [4.69, 9.17) is 9.16 Å². The number of carbonyl (C=O) groups excluding carboxylic acids is 1. The number of likely N-dealkylation sites (tertiary alicyclic amines) is 1. The van der Waals surface area contributed by atoms with Gasteiger partial charge in [0.1, 0.15) is 12.7 Å². The number of carbonyl (C=O) groups is 1. The molecule has 7 heteroatoms. The van der Waals surface area contributed by atoms with E-state index in [0.717, 1.165) is 13.0 Å². The first-order chi connectivity index (χ1) is 10.6. The topological polar surface area (TPSA) is 56.6 Å². The van der Waals surface area contributed by atoms with Crippen molar-refractivity contribution in [3.63, 3.8) is 0 Å². The van der Waals surface area contributed by atoms with E-state index in [1.807, 2.05) is 18.0 Å². The van der Waals surface area contributed by atoms with Crippen molar-refractivity contribution in [1.29, 1.82) is 0 Å². The van der Waals surface area contributed by atoms with Crippen LogP contribution in [0.4, 0.5) is 0 Å². The van der Waals surface area contributed by atoms with E-state index in [1.54, 1.807) is 10.9 Å². The van der Waals surface area contributed by atoms with E-state index in [2.05, 4.69) is 39.0 Å². The summed E-state index contributed by atoms with van der Waals surface area (Å²) < 4.78 is 13.6. The predicted molar refractivity (Wildman–Crippen MR) is 92.0 cm³/mol. The molecule has 1 aromatic rings. The zero-order valence-corrected chi connectivity index (χ0v) is 16.1. The van der Waals surface area contributed by atoms with Crippen LogP contribution in [0.1, 0.15) is 27.2 Å². The maximum absolute atomic E-state index is 12.5. The zero-order chi connectivity index (χ0) is 17.3. The minimum absolute atomic E-state index is 0.100. The first-order valence-electron chi connectivity index (χ1n) is 8.19. The number of rotatable bonds is 6. The lowest BCUT2D eigenvalue weighted by Crippen LogP contribution is -2.46. The first-order valence-corrected chi connectivity index (χ1v) is 11.1. The van der Waals surface area contributed by atoms with Crippen molar-refractivity contribution in [1.82, 2.24) is 14.7 Å². The molecule has 130 valence electrons. The molecule has 0 saturated carbocycles. The van der Waals surface area contributed by atoms with Gasteiger partial charge in [0.25, 0.3) is 5.91 Å². The maximum atomic E-state index is 12.5. The van der Waals surface area contributed by atoms with Crippen LogP contribution in [0.2, 0.25) is 18.1 Å². The highest BCUT2D eigenvalue weighted by Gasteiger charge is 2.43. The summed E-state index contributed by atoms with van der Waals surface area (Å²) in [5.74, 6) is 0.814. The van der Waals surface area contributed by atoms with Crippen molar-refractivity contribution >= 4 is 14.2 Å². The summed E-state index contributed by atoms with van der Waals surface area (Å²) in [7, 11) is -0.0812. The van der Waals surface area contributed by atoms with Crippen LogP contribution in [0.5, 0.6) is 5.88 Å². The largest absolute Gasteiger partial charge is 0.476 e. The molecule has 1 aliphatic rings. The molecule has 2 heterocycles. The van der Waals surface area contributed by atoms with Crippen molar-refractivity contribution in [3.8, 4) is 5.88 Å². The fourth-order valence-corrected chi connectivity index (χ4v) is 3.62. The minimum Gasteiger partial charge on any atom is -0.476 e. The normalized spacial score (nSPS) is 19.5. The summed E-state index contributed by atoms with van der Waals surface area (Å²) in [5, 5.41) is 4.17. The van der Waals surface area contributed by atoms with Gasteiger partial charge in [0.2, 0.25) is 5.88 Å². The third-order valence-corrected chi connectivity index (χ3v) is 9.36. The highest BCUT2D eigenvalue weighted by molar-refractivity contribution is 6.74. The van der Waals surface area contributed by atoms with Crippen LogP contribution >= 0.6 is 0 Å². The van der Waals surface area contributed by atoms with Gasteiger partial charge in [-0.3, -0.25) is 4.79 Å². The Balaban J connectivity index is 1.83. The molecule has 0 aliphatic carbocycles. The van der Waals surface area contributed by atoms with Crippen molar-refractivity contribution in [2.24, 2.45) is 7.05 Å². The fourth-order valence-electron chi connectivity index (χ4n) is 2.34. The number of nitrogens with zero attached hydrogens (tertiary/aromatic N) is 3. The second kappa shape index (κ2) is 6.65. The van der Waals surface area contributed by atoms with E-state index < -0.39 is 8.32 Å². The van der Waals surface area contributed by atoms with Crippen LogP contribution in [0, 0.1) is 0 Å². The third kappa shape index (κ3) is 4.14. The molecule has 1 saturated heterocycles. The van der Waals surface area contributed by atoms with E-state index in [-0.39, 0.29) is 17.0 Å². The van der Waals surface area contributed by atoms with Crippen molar-refractivity contribution in [3.05, 3.63) is 12.3 Å². The van der Waals surface area contributed by atoms with Gasteiger partial charge in [-0.15, -0.1) is 0 Å². The summed E-state index contributed by atoms with van der Waals surface area (Å²) in [6.45, 7) is 12.8. The molecule has 0 spiro atoms. The summed E-state index contributed by atoms with van der Waals surface area (Å²) in [5.41, 5.74) is 0. The smallest absolute Gasteiger partial charge is 0.250 e. The summed E-state index contributed by atoms with van der Waals surface area (Å²) in [6.07, 6.45) is 2.18. The highest BCUT2D eigenvalue weighted by atomic mass is 28.4. The Labute approximate surface area is 139 Å². The SMILES string of the molecule is Cn1nccc1OCCN1CC[C@H](O[Si](C)(C)C(C)(C)C)C1=O. The fraction of sp³-hybridized carbons (Fsp3) is 0.750. The van der Waals surface area contributed by atoms with Crippen LogP contribution in [0.15, 0.2) is 12.3 Å². The average Bonchev–Trinajstić information content (AvgIpc) is 2.98. The molecule has 1 aromatic heterocycles. The van der Waals surface area contributed by atoms with Crippen LogP contribution in [-0.4, -0.2) is 54.7 Å². The van der Waals surface area contributed by atoms with Crippen molar-refractivity contribution in [2.75, 3.05) is 19.7 Å². The number of aromatic nitrogens is 2. The molecular formula is C16H29N3O3Si. The second-order valence-electron chi connectivity index (χ2n) is 7.62. The zero-order valence-electron chi connectivity index (χ0n) is 15.1. The Morgan fingerprint density at radius 3 is 2.65 bits per heavy atom. The van der Waals surface area contributed by atoms with Crippen LogP contribution < -0.4 is 4.74 Å². The van der Waals surface area contributed by atoms with E-state index in [0.29, 0.717) is 19.0 Å². The Morgan fingerprint density at radius 1 is 1.39 bits per heavy atom. The first kappa shape index (κ1) is 18.0. The molecule has 0 N–H and O–H groups in total. The minimum atomic E-state index is -1.91. The quantitative estimate of drug-likeness (QED) is 0.747. The highest BCUT2D eigenvalue weighted by Crippen LogP contribution is 2.38. The molecule has 0 unspecified atom stereocenters. The van der Waals surface area contributed by atoms with Gasteiger partial charge in [0, 0.05) is 19.7 Å². The number of ether oxygens (including phenoxy) is 1. The van der Waals surface area contributed by atoms with Gasteiger partial charge >= 0.3 is 0 Å². The molecule has 1 aliphatic heterocycles. The monoisotopic (exact) mass is 339 g/mol. The Bertz CT molecular complexity index is 551. The second-order valence-corrected chi connectivity index (χ2v) is 12.4. The van der Waals surface area contributed by atoms with Gasteiger partial charge in [-0.1, -0.05) is 20.8 Å². The lowest BCUT2D eigenvalue weighted by molar-refractivity contribution is -0.134. The Hall–Kier alpha value is -1.34. The molecule has 1 fully saturated rings. The van der Waals surface area contributed by atoms with E-state index >= 15 is 0 Å². The maximum Gasteiger partial charge on any atom is 0.250 e. The average molecular weight is 340 g/mol. The van der Waals surface area contributed by atoms with Crippen LogP contribution in [0.25, 0.3) is 0 Å². The molecule has 1 atom stereocenters. The Morgan fingerprint density at radius 2 is 2.09 bits per heavy atom.